The fourth-order valence-corrected chi connectivity index (χ4v) is 2.59. The van der Waals surface area contributed by atoms with Crippen LogP contribution in [0.15, 0.2) is 60.8 Å². The molecule has 1 N–H and O–H groups in total. The fraction of sp³-hybridized carbons (Fsp3) is 0.158. The summed E-state index contributed by atoms with van der Waals surface area (Å²) in [7, 11) is 0. The number of carbonyl (C=O) groups excluding carboxylic acids is 2. The lowest BCUT2D eigenvalue weighted by Gasteiger charge is -2.07. The van der Waals surface area contributed by atoms with Gasteiger partial charge in [0.2, 0.25) is 11.8 Å². The van der Waals surface area contributed by atoms with E-state index < -0.39 is 0 Å². The van der Waals surface area contributed by atoms with Crippen molar-refractivity contribution in [1.82, 2.24) is 4.57 Å². The summed E-state index contributed by atoms with van der Waals surface area (Å²) in [5.74, 6) is -0.231. The van der Waals surface area contributed by atoms with Gasteiger partial charge in [-0.05, 0) is 36.8 Å². The maximum Gasteiger partial charge on any atom is 0.231 e. The monoisotopic (exact) mass is 306 g/mol. The van der Waals surface area contributed by atoms with E-state index in [0.29, 0.717) is 0 Å². The topological polar surface area (TPSA) is 51.1 Å². The molecule has 2 aromatic carbocycles. The minimum absolute atomic E-state index is 0.0782. The van der Waals surface area contributed by atoms with Crippen LogP contribution in [0.4, 0.5) is 5.69 Å². The number of nitrogens with zero attached hydrogens (tertiary/aromatic N) is 1. The van der Waals surface area contributed by atoms with Gasteiger partial charge in [-0.15, -0.1) is 0 Å². The van der Waals surface area contributed by atoms with Crippen LogP contribution >= 0.6 is 0 Å². The summed E-state index contributed by atoms with van der Waals surface area (Å²) in [5, 5.41) is 3.84. The maximum atomic E-state index is 12.3. The molecule has 1 amide bonds. The molecule has 0 aliphatic rings. The highest BCUT2D eigenvalue weighted by Crippen LogP contribution is 2.16. The lowest BCUT2D eigenvalue weighted by Crippen LogP contribution is -2.16. The van der Waals surface area contributed by atoms with Crippen molar-refractivity contribution in [2.45, 2.75) is 19.8 Å². The molecule has 0 spiro atoms. The second kappa shape index (κ2) is 6.48. The zero-order chi connectivity index (χ0) is 16.2. The highest BCUT2D eigenvalue weighted by molar-refractivity contribution is 5.96. The molecule has 0 fully saturated rings. The number of amides is 1. The number of anilines is 1. The molecule has 116 valence electrons. The lowest BCUT2D eigenvalue weighted by atomic mass is 10.2. The van der Waals surface area contributed by atoms with Crippen molar-refractivity contribution in [3.8, 4) is 0 Å². The van der Waals surface area contributed by atoms with Crippen molar-refractivity contribution in [3.05, 3.63) is 66.4 Å². The molecule has 0 bridgehead atoms. The molecule has 0 saturated carbocycles. The van der Waals surface area contributed by atoms with Gasteiger partial charge >= 0.3 is 0 Å². The Labute approximate surface area is 134 Å². The van der Waals surface area contributed by atoms with Crippen molar-refractivity contribution in [2.24, 2.45) is 0 Å². The van der Waals surface area contributed by atoms with Crippen LogP contribution in [0, 0.1) is 6.92 Å². The number of benzene rings is 2. The van der Waals surface area contributed by atoms with E-state index in [9.17, 15) is 9.59 Å². The van der Waals surface area contributed by atoms with E-state index in [4.69, 9.17) is 0 Å². The van der Waals surface area contributed by atoms with E-state index in [2.05, 4.69) is 5.32 Å². The summed E-state index contributed by atoms with van der Waals surface area (Å²) in [5.41, 5.74) is 2.71. The molecule has 1 heterocycles. The van der Waals surface area contributed by atoms with E-state index >= 15 is 0 Å². The molecule has 4 heteroatoms. The molecular formula is C19H18N2O2. The lowest BCUT2D eigenvalue weighted by molar-refractivity contribution is -0.116. The average Bonchev–Trinajstić information content (AvgIpc) is 2.97. The number of para-hydroxylation sites is 1. The predicted octanol–water partition coefficient (Wildman–Crippen LogP) is 4.01. The molecule has 0 atom stereocenters. The molecule has 3 rings (SSSR count). The molecule has 3 aromatic rings. The molecule has 0 radical (unpaired) electrons. The zero-order valence-corrected chi connectivity index (χ0v) is 13.0. The Bertz CT molecular complexity index is 864. The standard InChI is InChI=1S/C19H18N2O2/c1-14-5-4-7-16(13-14)20-18(22)9-10-19(23)21-12-11-15-6-2-3-8-17(15)21/h2-8,11-13H,9-10H2,1H3,(H,20,22). The molecule has 0 unspecified atom stereocenters. The van der Waals surface area contributed by atoms with E-state index in [-0.39, 0.29) is 24.7 Å². The van der Waals surface area contributed by atoms with Gasteiger partial charge in [0.15, 0.2) is 0 Å². The fourth-order valence-electron chi connectivity index (χ4n) is 2.59. The van der Waals surface area contributed by atoms with Gasteiger partial charge in [-0.1, -0.05) is 30.3 Å². The van der Waals surface area contributed by atoms with Crippen LogP contribution in [-0.2, 0) is 4.79 Å². The Morgan fingerprint density at radius 1 is 1.00 bits per heavy atom. The van der Waals surface area contributed by atoms with Crippen LogP contribution in [0.3, 0.4) is 0 Å². The zero-order valence-electron chi connectivity index (χ0n) is 13.0. The van der Waals surface area contributed by atoms with Gasteiger partial charge in [-0.3, -0.25) is 14.2 Å². The number of hydrogen-bond acceptors (Lipinski definition) is 2. The largest absolute Gasteiger partial charge is 0.326 e. The number of hydrogen-bond donors (Lipinski definition) is 1. The van der Waals surface area contributed by atoms with Gasteiger partial charge in [0.25, 0.3) is 0 Å². The Balaban J connectivity index is 1.61. The first-order valence-corrected chi connectivity index (χ1v) is 7.59. The van der Waals surface area contributed by atoms with E-state index in [1.807, 2.05) is 61.5 Å². The first-order valence-electron chi connectivity index (χ1n) is 7.59. The smallest absolute Gasteiger partial charge is 0.231 e. The second-order valence-electron chi connectivity index (χ2n) is 5.56. The van der Waals surface area contributed by atoms with E-state index in [1.54, 1.807) is 10.8 Å². The van der Waals surface area contributed by atoms with Crippen LogP contribution in [0.5, 0.6) is 0 Å². The third-order valence-electron chi connectivity index (χ3n) is 3.74. The Kier molecular flexibility index (Phi) is 4.24. The van der Waals surface area contributed by atoms with Crippen LogP contribution in [-0.4, -0.2) is 16.4 Å². The molecule has 4 nitrogen and oxygen atoms in total. The summed E-state index contributed by atoms with van der Waals surface area (Å²) < 4.78 is 1.61. The average molecular weight is 306 g/mol. The number of aryl methyl sites for hydroxylation is 1. The Hall–Kier alpha value is -2.88. The summed E-state index contributed by atoms with van der Waals surface area (Å²) in [6, 6.07) is 17.2. The van der Waals surface area contributed by atoms with Crippen LogP contribution in [0.2, 0.25) is 0 Å². The van der Waals surface area contributed by atoms with Crippen molar-refractivity contribution < 1.29 is 9.59 Å². The molecule has 0 aliphatic carbocycles. The van der Waals surface area contributed by atoms with Gasteiger partial charge in [0.05, 0.1) is 5.52 Å². The minimum Gasteiger partial charge on any atom is -0.326 e. The molecule has 1 aromatic heterocycles. The second-order valence-corrected chi connectivity index (χ2v) is 5.56. The number of nitrogens with one attached hydrogen (secondary N) is 1. The number of aromatic nitrogens is 1. The quantitative estimate of drug-likeness (QED) is 0.792. The molecule has 0 aliphatic heterocycles. The van der Waals surface area contributed by atoms with Crippen molar-refractivity contribution in [3.63, 3.8) is 0 Å². The first kappa shape index (κ1) is 15.0. The Morgan fingerprint density at radius 3 is 2.65 bits per heavy atom. The predicted molar refractivity (Wildman–Crippen MR) is 91.6 cm³/mol. The van der Waals surface area contributed by atoms with Gasteiger partial charge in [-0.2, -0.15) is 0 Å². The molecular weight excluding hydrogens is 288 g/mol. The normalized spacial score (nSPS) is 10.7. The first-order chi connectivity index (χ1) is 11.1. The van der Waals surface area contributed by atoms with Crippen molar-refractivity contribution >= 4 is 28.4 Å². The van der Waals surface area contributed by atoms with Gasteiger partial charge in [0.1, 0.15) is 0 Å². The highest BCUT2D eigenvalue weighted by atomic mass is 16.2. The highest BCUT2D eigenvalue weighted by Gasteiger charge is 2.11. The van der Waals surface area contributed by atoms with Gasteiger partial charge in [-0.25, -0.2) is 0 Å². The summed E-state index contributed by atoms with van der Waals surface area (Å²) in [6.07, 6.45) is 2.10. The van der Waals surface area contributed by atoms with Gasteiger partial charge < -0.3 is 5.32 Å². The number of rotatable bonds is 4. The number of carbonyl (C=O) groups is 2. The third-order valence-corrected chi connectivity index (χ3v) is 3.74. The summed E-state index contributed by atoms with van der Waals surface area (Å²) in [4.78, 5) is 24.3. The molecule has 0 saturated heterocycles. The SMILES string of the molecule is Cc1cccc(NC(=O)CCC(=O)n2ccc3ccccc32)c1. The van der Waals surface area contributed by atoms with Crippen molar-refractivity contribution in [1.29, 1.82) is 0 Å². The van der Waals surface area contributed by atoms with Crippen LogP contribution < -0.4 is 5.32 Å². The molecule has 23 heavy (non-hydrogen) atoms. The minimum atomic E-state index is -0.152. The van der Waals surface area contributed by atoms with Gasteiger partial charge in [0, 0.05) is 30.1 Å². The van der Waals surface area contributed by atoms with Crippen LogP contribution in [0.25, 0.3) is 10.9 Å². The van der Waals surface area contributed by atoms with E-state index in [1.165, 1.54) is 0 Å². The van der Waals surface area contributed by atoms with E-state index in [0.717, 1.165) is 22.2 Å². The number of fused-ring (bicyclic) bond motifs is 1. The third kappa shape index (κ3) is 3.48. The van der Waals surface area contributed by atoms with Crippen LogP contribution in [0.1, 0.15) is 23.2 Å². The Morgan fingerprint density at radius 2 is 1.83 bits per heavy atom. The van der Waals surface area contributed by atoms with Crippen molar-refractivity contribution in [2.75, 3.05) is 5.32 Å². The summed E-state index contributed by atoms with van der Waals surface area (Å²) >= 11 is 0. The summed E-state index contributed by atoms with van der Waals surface area (Å²) in [6.45, 7) is 1.97. The maximum absolute atomic E-state index is 12.3.